The summed E-state index contributed by atoms with van der Waals surface area (Å²) in [7, 11) is -3.96. The fourth-order valence-electron chi connectivity index (χ4n) is 3.36. The molecule has 2 rings (SSSR count). The third-order valence-electron chi connectivity index (χ3n) is 4.55. The maximum absolute atomic E-state index is 13.3. The van der Waals surface area contributed by atoms with E-state index in [-0.39, 0.29) is 24.3 Å². The van der Waals surface area contributed by atoms with Crippen LogP contribution in [0.4, 0.5) is 0 Å². The minimum atomic E-state index is -3.96. The SMILES string of the molecule is CCCN(CC(=O)O)C(=O)C1(S(=O)(=O)c2ccc(Cl)cc2)CCCC1. The molecule has 0 spiro atoms. The number of benzene rings is 1. The molecule has 1 saturated carbocycles. The molecule has 0 heterocycles. The van der Waals surface area contributed by atoms with E-state index in [0.29, 0.717) is 24.3 Å². The van der Waals surface area contributed by atoms with Crippen molar-refractivity contribution in [2.24, 2.45) is 0 Å². The molecule has 1 fully saturated rings. The van der Waals surface area contributed by atoms with Crippen LogP contribution in [0, 0.1) is 0 Å². The minimum absolute atomic E-state index is 0.0407. The Morgan fingerprint density at radius 1 is 1.20 bits per heavy atom. The lowest BCUT2D eigenvalue weighted by Gasteiger charge is -2.33. The molecule has 0 saturated heterocycles. The number of sulfone groups is 1. The van der Waals surface area contributed by atoms with Crippen molar-refractivity contribution >= 4 is 33.3 Å². The second-order valence-corrected chi connectivity index (χ2v) is 8.98. The lowest BCUT2D eigenvalue weighted by Crippen LogP contribution is -2.53. The molecule has 1 N–H and O–H groups in total. The van der Waals surface area contributed by atoms with Crippen molar-refractivity contribution in [3.8, 4) is 0 Å². The number of halogens is 1. The van der Waals surface area contributed by atoms with Crippen molar-refractivity contribution in [1.29, 1.82) is 0 Å². The van der Waals surface area contributed by atoms with Crippen LogP contribution in [0.2, 0.25) is 5.02 Å². The number of carboxylic acids is 1. The number of hydrogen-bond donors (Lipinski definition) is 1. The fourth-order valence-corrected chi connectivity index (χ4v) is 5.61. The van der Waals surface area contributed by atoms with Gasteiger partial charge < -0.3 is 10.0 Å². The average molecular weight is 388 g/mol. The summed E-state index contributed by atoms with van der Waals surface area (Å²) in [6.45, 7) is 1.53. The lowest BCUT2D eigenvalue weighted by molar-refractivity contribution is -0.145. The van der Waals surface area contributed by atoms with Gasteiger partial charge in [0, 0.05) is 11.6 Å². The molecule has 0 bridgehead atoms. The zero-order chi connectivity index (χ0) is 18.7. The first kappa shape index (κ1) is 19.7. The third-order valence-corrected chi connectivity index (χ3v) is 7.30. The van der Waals surface area contributed by atoms with E-state index in [1.807, 2.05) is 6.92 Å². The van der Waals surface area contributed by atoms with Crippen LogP contribution >= 0.6 is 11.6 Å². The van der Waals surface area contributed by atoms with Gasteiger partial charge in [0.25, 0.3) is 0 Å². The van der Waals surface area contributed by atoms with Gasteiger partial charge in [-0.25, -0.2) is 8.42 Å². The van der Waals surface area contributed by atoms with Crippen LogP contribution < -0.4 is 0 Å². The first-order valence-corrected chi connectivity index (χ1v) is 10.1. The summed E-state index contributed by atoms with van der Waals surface area (Å²) >= 11 is 5.83. The van der Waals surface area contributed by atoms with Crippen molar-refractivity contribution in [1.82, 2.24) is 4.90 Å². The highest BCUT2D eigenvalue weighted by Crippen LogP contribution is 2.42. The van der Waals surface area contributed by atoms with Gasteiger partial charge in [0.15, 0.2) is 14.6 Å². The Kier molecular flexibility index (Phi) is 6.11. The summed E-state index contributed by atoms with van der Waals surface area (Å²) in [5.41, 5.74) is 0. The minimum Gasteiger partial charge on any atom is -0.480 e. The Balaban J connectivity index is 2.48. The van der Waals surface area contributed by atoms with Crippen LogP contribution in [0.1, 0.15) is 39.0 Å². The Morgan fingerprint density at radius 2 is 1.76 bits per heavy atom. The average Bonchev–Trinajstić information content (AvgIpc) is 3.05. The topological polar surface area (TPSA) is 91.8 Å². The zero-order valence-corrected chi connectivity index (χ0v) is 15.6. The third kappa shape index (κ3) is 3.82. The number of aliphatic carboxylic acids is 1. The molecule has 0 atom stereocenters. The number of carbonyl (C=O) groups is 2. The Hall–Kier alpha value is -1.60. The van der Waals surface area contributed by atoms with E-state index in [2.05, 4.69) is 0 Å². The van der Waals surface area contributed by atoms with Gasteiger partial charge in [-0.15, -0.1) is 0 Å². The summed E-state index contributed by atoms with van der Waals surface area (Å²) in [6, 6.07) is 5.74. The first-order valence-electron chi connectivity index (χ1n) is 8.26. The van der Waals surface area contributed by atoms with Crippen molar-refractivity contribution in [2.75, 3.05) is 13.1 Å². The molecule has 138 valence electrons. The number of carbonyl (C=O) groups excluding carboxylic acids is 1. The standard InChI is InChI=1S/C17H22ClNO5S/c1-2-11-19(12-15(20)21)16(22)17(9-3-4-10-17)25(23,24)14-7-5-13(18)6-8-14/h5-8H,2-4,9-12H2,1H3,(H,20,21). The fraction of sp³-hybridized carbons (Fsp3) is 0.529. The number of hydrogen-bond acceptors (Lipinski definition) is 4. The van der Waals surface area contributed by atoms with E-state index < -0.39 is 33.0 Å². The summed E-state index contributed by atoms with van der Waals surface area (Å²) < 4.78 is 24.9. The smallest absolute Gasteiger partial charge is 0.323 e. The van der Waals surface area contributed by atoms with Crippen LogP contribution in [-0.4, -0.2) is 48.1 Å². The molecular formula is C17H22ClNO5S. The highest BCUT2D eigenvalue weighted by molar-refractivity contribution is 7.93. The normalized spacial score (nSPS) is 16.6. The molecule has 0 aromatic heterocycles. The Labute approximate surface area is 152 Å². The van der Waals surface area contributed by atoms with Crippen LogP contribution in [0.15, 0.2) is 29.2 Å². The lowest BCUT2D eigenvalue weighted by atomic mass is 10.1. The predicted molar refractivity (Wildman–Crippen MR) is 94.3 cm³/mol. The van der Waals surface area contributed by atoms with Gasteiger partial charge in [-0.3, -0.25) is 9.59 Å². The second kappa shape index (κ2) is 7.74. The van der Waals surface area contributed by atoms with E-state index >= 15 is 0 Å². The van der Waals surface area contributed by atoms with Gasteiger partial charge in [-0.2, -0.15) is 0 Å². The van der Waals surface area contributed by atoms with E-state index in [1.54, 1.807) is 0 Å². The van der Waals surface area contributed by atoms with Crippen molar-refractivity contribution < 1.29 is 23.1 Å². The zero-order valence-electron chi connectivity index (χ0n) is 14.1. The predicted octanol–water partition coefficient (Wildman–Crippen LogP) is 2.75. The molecule has 1 aliphatic carbocycles. The van der Waals surface area contributed by atoms with Gasteiger partial charge in [-0.05, 0) is 43.5 Å². The second-order valence-electron chi connectivity index (χ2n) is 6.28. The van der Waals surface area contributed by atoms with E-state index in [4.69, 9.17) is 16.7 Å². The molecule has 1 aliphatic rings. The quantitative estimate of drug-likeness (QED) is 0.776. The van der Waals surface area contributed by atoms with Crippen LogP contribution in [0.25, 0.3) is 0 Å². The van der Waals surface area contributed by atoms with Crippen LogP contribution in [0.3, 0.4) is 0 Å². The molecular weight excluding hydrogens is 366 g/mol. The number of rotatable bonds is 7. The van der Waals surface area contributed by atoms with E-state index in [0.717, 1.165) is 4.90 Å². The molecule has 0 aliphatic heterocycles. The maximum Gasteiger partial charge on any atom is 0.323 e. The van der Waals surface area contributed by atoms with E-state index in [9.17, 15) is 18.0 Å². The van der Waals surface area contributed by atoms with Crippen molar-refractivity contribution in [3.63, 3.8) is 0 Å². The molecule has 0 unspecified atom stereocenters. The van der Waals surface area contributed by atoms with Crippen molar-refractivity contribution in [2.45, 2.75) is 48.7 Å². The molecule has 6 nitrogen and oxygen atoms in total. The molecule has 0 radical (unpaired) electrons. The maximum atomic E-state index is 13.3. The molecule has 25 heavy (non-hydrogen) atoms. The summed E-state index contributed by atoms with van der Waals surface area (Å²) in [5.74, 6) is -1.76. The van der Waals surface area contributed by atoms with Gasteiger partial charge in [0.05, 0.1) is 4.90 Å². The largest absolute Gasteiger partial charge is 0.480 e. The monoisotopic (exact) mass is 387 g/mol. The van der Waals surface area contributed by atoms with Crippen molar-refractivity contribution in [3.05, 3.63) is 29.3 Å². The first-order chi connectivity index (χ1) is 11.7. The van der Waals surface area contributed by atoms with Gasteiger partial charge >= 0.3 is 5.97 Å². The summed E-state index contributed by atoms with van der Waals surface area (Å²) in [6.07, 6.45) is 2.19. The number of nitrogens with zero attached hydrogens (tertiary/aromatic N) is 1. The van der Waals surface area contributed by atoms with Crippen LogP contribution in [-0.2, 0) is 19.4 Å². The number of carboxylic acid groups (broad SMARTS) is 1. The summed E-state index contributed by atoms with van der Waals surface area (Å²) in [5, 5.41) is 9.49. The molecule has 8 heteroatoms. The molecule has 1 aromatic rings. The number of amides is 1. The highest BCUT2D eigenvalue weighted by atomic mass is 35.5. The molecule has 1 amide bonds. The summed E-state index contributed by atoms with van der Waals surface area (Å²) in [4.78, 5) is 25.4. The van der Waals surface area contributed by atoms with Gasteiger partial charge in [0.2, 0.25) is 5.91 Å². The van der Waals surface area contributed by atoms with Gasteiger partial charge in [0.1, 0.15) is 6.54 Å². The van der Waals surface area contributed by atoms with Crippen LogP contribution in [0.5, 0.6) is 0 Å². The van der Waals surface area contributed by atoms with Gasteiger partial charge in [-0.1, -0.05) is 31.4 Å². The Bertz CT molecular complexity index is 739. The highest BCUT2D eigenvalue weighted by Gasteiger charge is 2.54. The molecule has 1 aromatic carbocycles. The Morgan fingerprint density at radius 3 is 2.24 bits per heavy atom. The van der Waals surface area contributed by atoms with E-state index in [1.165, 1.54) is 24.3 Å².